The Morgan fingerprint density at radius 3 is 2.56 bits per heavy atom. The summed E-state index contributed by atoms with van der Waals surface area (Å²) in [6.07, 6.45) is 1.60. The summed E-state index contributed by atoms with van der Waals surface area (Å²) in [7, 11) is 1.46. The monoisotopic (exact) mass is 379 g/mol. The Kier molecular flexibility index (Phi) is 5.56. The minimum absolute atomic E-state index is 0. The highest BCUT2D eigenvalue weighted by Gasteiger charge is 2.14. The van der Waals surface area contributed by atoms with Crippen LogP contribution in [0.2, 0.25) is 5.02 Å². The highest BCUT2D eigenvalue weighted by Crippen LogP contribution is 2.34. The van der Waals surface area contributed by atoms with Crippen LogP contribution in [0.3, 0.4) is 0 Å². The molecule has 1 heterocycles. The molecule has 2 aromatic carbocycles. The normalized spacial score (nSPS) is 10.2. The van der Waals surface area contributed by atoms with E-state index < -0.39 is 5.91 Å². The fourth-order valence-electron chi connectivity index (χ4n) is 2.30. The summed E-state index contributed by atoms with van der Waals surface area (Å²) >= 11 is 6.01. The maximum atomic E-state index is 11.6. The van der Waals surface area contributed by atoms with Gasteiger partial charge in [0.05, 0.1) is 28.9 Å². The lowest BCUT2D eigenvalue weighted by Gasteiger charge is -2.12. The second-order valence-corrected chi connectivity index (χ2v) is 5.44. The average molecular weight is 380 g/mol. The number of nitrogen functional groups attached to an aromatic ring is 1. The second-order valence-electron chi connectivity index (χ2n) is 5.03. The molecule has 0 spiro atoms. The van der Waals surface area contributed by atoms with E-state index in [1.807, 2.05) is 0 Å². The number of nitrogens with two attached hydrogens (primary N) is 2. The maximum absolute atomic E-state index is 11.6. The van der Waals surface area contributed by atoms with E-state index in [0.29, 0.717) is 38.9 Å². The van der Waals surface area contributed by atoms with Gasteiger partial charge in [-0.25, -0.2) is 0 Å². The summed E-state index contributed by atoms with van der Waals surface area (Å²) in [5.74, 6) is 0.776. The molecule has 0 atom stereocenters. The van der Waals surface area contributed by atoms with Gasteiger partial charge in [-0.3, -0.25) is 9.78 Å². The number of anilines is 1. The number of amides is 1. The topological polar surface area (TPSA) is 100 Å². The highest BCUT2D eigenvalue weighted by atomic mass is 35.5. The molecule has 0 aliphatic rings. The first-order valence-electron chi connectivity index (χ1n) is 6.99. The van der Waals surface area contributed by atoms with Crippen molar-refractivity contribution >= 4 is 46.5 Å². The predicted octanol–water partition coefficient (Wildman–Crippen LogP) is 3.79. The molecule has 0 radical (unpaired) electrons. The van der Waals surface area contributed by atoms with E-state index in [-0.39, 0.29) is 18.0 Å². The number of carbonyl (C=O) groups is 1. The number of fused-ring (bicyclic) bond motifs is 1. The van der Waals surface area contributed by atoms with Gasteiger partial charge < -0.3 is 20.9 Å². The van der Waals surface area contributed by atoms with Gasteiger partial charge in [-0.2, -0.15) is 0 Å². The number of nitrogens with zero attached hydrogens (tertiary/aromatic N) is 1. The van der Waals surface area contributed by atoms with E-state index in [1.54, 1.807) is 42.6 Å². The Bertz CT molecular complexity index is 948. The van der Waals surface area contributed by atoms with E-state index in [1.165, 1.54) is 7.11 Å². The van der Waals surface area contributed by atoms with Crippen molar-refractivity contribution in [1.82, 2.24) is 4.98 Å². The van der Waals surface area contributed by atoms with E-state index in [2.05, 4.69) is 4.98 Å². The van der Waals surface area contributed by atoms with Crippen molar-refractivity contribution in [2.24, 2.45) is 5.73 Å². The fourth-order valence-corrected chi connectivity index (χ4v) is 2.47. The van der Waals surface area contributed by atoms with Crippen LogP contribution in [0.15, 0.2) is 42.6 Å². The second kappa shape index (κ2) is 7.46. The summed E-state index contributed by atoms with van der Waals surface area (Å²) in [5.41, 5.74) is 12.4. The van der Waals surface area contributed by atoms with Gasteiger partial charge in [-0.1, -0.05) is 11.6 Å². The number of hydrogen-bond donors (Lipinski definition) is 2. The van der Waals surface area contributed by atoms with Crippen LogP contribution >= 0.6 is 24.0 Å². The van der Waals surface area contributed by atoms with E-state index >= 15 is 0 Å². The largest absolute Gasteiger partial charge is 0.496 e. The molecule has 0 aliphatic heterocycles. The zero-order valence-electron chi connectivity index (χ0n) is 13.2. The van der Waals surface area contributed by atoms with Gasteiger partial charge in [0.2, 0.25) is 0 Å². The molecular weight excluding hydrogens is 365 g/mol. The van der Waals surface area contributed by atoms with Gasteiger partial charge in [0.1, 0.15) is 17.2 Å². The summed E-state index contributed by atoms with van der Waals surface area (Å²) in [5, 5.41) is 1.02. The molecule has 6 nitrogen and oxygen atoms in total. The van der Waals surface area contributed by atoms with Gasteiger partial charge in [0.15, 0.2) is 0 Å². The van der Waals surface area contributed by atoms with Crippen molar-refractivity contribution in [3.63, 3.8) is 0 Å². The van der Waals surface area contributed by atoms with Crippen molar-refractivity contribution in [2.45, 2.75) is 0 Å². The highest BCUT2D eigenvalue weighted by molar-refractivity contribution is 6.33. The number of pyridine rings is 1. The van der Waals surface area contributed by atoms with Crippen molar-refractivity contribution in [3.8, 4) is 17.2 Å². The molecule has 1 aromatic heterocycles. The van der Waals surface area contributed by atoms with E-state index in [9.17, 15) is 4.79 Å². The molecule has 0 bridgehead atoms. The minimum atomic E-state index is -0.598. The molecule has 25 heavy (non-hydrogen) atoms. The van der Waals surface area contributed by atoms with Gasteiger partial charge in [0.25, 0.3) is 5.91 Å². The minimum Gasteiger partial charge on any atom is -0.496 e. The molecule has 0 aliphatic carbocycles. The molecule has 3 aromatic rings. The Morgan fingerprint density at radius 2 is 1.92 bits per heavy atom. The first-order valence-corrected chi connectivity index (χ1v) is 7.37. The zero-order chi connectivity index (χ0) is 17.3. The SMILES string of the molecule is COc1cc2nccc(Oc3ccc(N)c(Cl)c3)c2cc1C(N)=O.Cl. The number of hydrogen-bond acceptors (Lipinski definition) is 5. The lowest BCUT2D eigenvalue weighted by Crippen LogP contribution is -2.12. The lowest BCUT2D eigenvalue weighted by molar-refractivity contribution is 0.0997. The number of aromatic nitrogens is 1. The van der Waals surface area contributed by atoms with Crippen molar-refractivity contribution in [3.05, 3.63) is 53.2 Å². The van der Waals surface area contributed by atoms with Crippen LogP contribution in [-0.2, 0) is 0 Å². The van der Waals surface area contributed by atoms with Crippen LogP contribution in [0.1, 0.15) is 10.4 Å². The summed E-state index contributed by atoms with van der Waals surface area (Å²) in [6.45, 7) is 0. The summed E-state index contributed by atoms with van der Waals surface area (Å²) < 4.78 is 11.1. The van der Waals surface area contributed by atoms with Gasteiger partial charge >= 0.3 is 0 Å². The fraction of sp³-hybridized carbons (Fsp3) is 0.0588. The molecule has 8 heteroatoms. The molecule has 0 fully saturated rings. The summed E-state index contributed by atoms with van der Waals surface area (Å²) in [6, 6.07) is 9.88. The van der Waals surface area contributed by atoms with Crippen LogP contribution in [0, 0.1) is 0 Å². The van der Waals surface area contributed by atoms with Crippen molar-refractivity contribution in [2.75, 3.05) is 12.8 Å². The summed E-state index contributed by atoms with van der Waals surface area (Å²) in [4.78, 5) is 15.9. The number of carbonyl (C=O) groups excluding carboxylic acids is 1. The van der Waals surface area contributed by atoms with Gasteiger partial charge in [-0.15, -0.1) is 12.4 Å². The maximum Gasteiger partial charge on any atom is 0.252 e. The van der Waals surface area contributed by atoms with Crippen molar-refractivity contribution in [1.29, 1.82) is 0 Å². The molecule has 130 valence electrons. The van der Waals surface area contributed by atoms with Crippen molar-refractivity contribution < 1.29 is 14.3 Å². The molecule has 0 unspecified atom stereocenters. The first-order chi connectivity index (χ1) is 11.5. The average Bonchev–Trinajstić information content (AvgIpc) is 2.57. The zero-order valence-corrected chi connectivity index (χ0v) is 14.7. The predicted molar refractivity (Wildman–Crippen MR) is 100.0 cm³/mol. The third-order valence-corrected chi connectivity index (χ3v) is 3.82. The van der Waals surface area contributed by atoms with Crippen LogP contribution in [0.5, 0.6) is 17.2 Å². The molecule has 0 saturated heterocycles. The number of primary amides is 1. The Hall–Kier alpha value is -2.70. The van der Waals surface area contributed by atoms with Gasteiger partial charge in [-0.05, 0) is 24.3 Å². The Balaban J connectivity index is 0.00000225. The number of methoxy groups -OCH3 is 1. The van der Waals surface area contributed by atoms with Crippen LogP contribution < -0.4 is 20.9 Å². The van der Waals surface area contributed by atoms with Gasteiger partial charge in [0, 0.05) is 23.7 Å². The van der Waals surface area contributed by atoms with E-state index in [4.69, 9.17) is 32.5 Å². The molecule has 1 amide bonds. The number of rotatable bonds is 4. The Morgan fingerprint density at radius 1 is 1.16 bits per heavy atom. The van der Waals surface area contributed by atoms with E-state index in [0.717, 1.165) is 0 Å². The Labute approximate surface area is 155 Å². The molecular formula is C17H15Cl2N3O3. The lowest BCUT2D eigenvalue weighted by atomic mass is 10.1. The third-order valence-electron chi connectivity index (χ3n) is 3.49. The molecule has 3 rings (SSSR count). The third kappa shape index (κ3) is 3.70. The number of benzene rings is 2. The quantitative estimate of drug-likeness (QED) is 0.671. The smallest absolute Gasteiger partial charge is 0.252 e. The molecule has 4 N–H and O–H groups in total. The van der Waals surface area contributed by atoms with Crippen LogP contribution in [0.25, 0.3) is 10.9 Å². The molecule has 0 saturated carbocycles. The first kappa shape index (κ1) is 18.6. The number of ether oxygens (including phenoxy) is 2. The standard InChI is InChI=1S/C17H14ClN3O3.ClH/c1-23-16-8-14-10(7-11(16)17(20)22)15(4-5-21-14)24-9-2-3-13(19)12(18)6-9;/h2-8H,19H2,1H3,(H2,20,22);1H. The number of halogens is 2. The van der Waals surface area contributed by atoms with Crippen LogP contribution in [-0.4, -0.2) is 18.0 Å². The van der Waals surface area contributed by atoms with Crippen LogP contribution in [0.4, 0.5) is 5.69 Å².